The topological polar surface area (TPSA) is 75.7 Å². The predicted octanol–water partition coefficient (Wildman–Crippen LogP) is 3.55. The van der Waals surface area contributed by atoms with Gasteiger partial charge in [0.05, 0.1) is 16.8 Å². The van der Waals surface area contributed by atoms with Crippen LogP contribution in [0.4, 0.5) is 15.8 Å². The Balaban J connectivity index is 1.51. The SMILES string of the molecule is C[C@@H]1CC(=O)Nc2ccccc2N1C(=O)COC(=O)C1(c2ccc(F)cc2)CCC1. The van der Waals surface area contributed by atoms with Crippen LogP contribution in [-0.4, -0.2) is 30.4 Å². The van der Waals surface area contributed by atoms with Gasteiger partial charge in [-0.05, 0) is 49.6 Å². The summed E-state index contributed by atoms with van der Waals surface area (Å²) in [6.45, 7) is 1.36. The molecular formula is C23H23FN2O4. The minimum absolute atomic E-state index is 0.147. The Morgan fingerprint density at radius 3 is 2.53 bits per heavy atom. The summed E-state index contributed by atoms with van der Waals surface area (Å²) in [5.41, 5.74) is 1.01. The van der Waals surface area contributed by atoms with E-state index in [1.165, 1.54) is 17.0 Å². The van der Waals surface area contributed by atoms with Crippen molar-refractivity contribution in [3.8, 4) is 0 Å². The fourth-order valence-electron chi connectivity index (χ4n) is 4.21. The number of nitrogens with zero attached hydrogens (tertiary/aromatic N) is 1. The number of carbonyl (C=O) groups is 3. The smallest absolute Gasteiger partial charge is 0.317 e. The van der Waals surface area contributed by atoms with Crippen molar-refractivity contribution in [1.82, 2.24) is 0 Å². The second-order valence-electron chi connectivity index (χ2n) is 7.90. The van der Waals surface area contributed by atoms with Gasteiger partial charge in [-0.2, -0.15) is 0 Å². The summed E-state index contributed by atoms with van der Waals surface area (Å²) in [5.74, 6) is -1.41. The van der Waals surface area contributed by atoms with Crippen molar-refractivity contribution < 1.29 is 23.5 Å². The lowest BCUT2D eigenvalue weighted by molar-refractivity contribution is -0.157. The number of benzene rings is 2. The fourth-order valence-corrected chi connectivity index (χ4v) is 4.21. The van der Waals surface area contributed by atoms with Crippen LogP contribution in [0.15, 0.2) is 48.5 Å². The standard InChI is InChI=1S/C23H23FN2O4/c1-15-13-20(27)25-18-5-2-3-6-19(18)26(15)21(28)14-30-22(29)23(11-4-12-23)16-7-9-17(24)10-8-16/h2-3,5-10,15H,4,11-14H2,1H3,(H,25,27)/t15-/m1/s1. The summed E-state index contributed by atoms with van der Waals surface area (Å²) < 4.78 is 18.7. The van der Waals surface area contributed by atoms with E-state index in [0.29, 0.717) is 29.8 Å². The minimum atomic E-state index is -0.826. The maximum Gasteiger partial charge on any atom is 0.317 e. The molecule has 0 aromatic heterocycles. The molecule has 1 aliphatic heterocycles. The number of carbonyl (C=O) groups excluding carboxylic acids is 3. The first-order chi connectivity index (χ1) is 14.4. The van der Waals surface area contributed by atoms with Crippen LogP contribution >= 0.6 is 0 Å². The molecular weight excluding hydrogens is 387 g/mol. The van der Waals surface area contributed by atoms with Gasteiger partial charge in [0.2, 0.25) is 5.91 Å². The maximum atomic E-state index is 13.3. The van der Waals surface area contributed by atoms with Crippen molar-refractivity contribution in [3.63, 3.8) is 0 Å². The van der Waals surface area contributed by atoms with Crippen LogP contribution in [0, 0.1) is 5.82 Å². The van der Waals surface area contributed by atoms with E-state index in [9.17, 15) is 18.8 Å². The van der Waals surface area contributed by atoms with E-state index in [1.807, 2.05) is 0 Å². The highest BCUT2D eigenvalue weighted by atomic mass is 19.1. The molecule has 0 radical (unpaired) electrons. The number of halogens is 1. The van der Waals surface area contributed by atoms with Crippen LogP contribution in [0.25, 0.3) is 0 Å². The molecule has 1 N–H and O–H groups in total. The van der Waals surface area contributed by atoms with Crippen LogP contribution in [0.3, 0.4) is 0 Å². The van der Waals surface area contributed by atoms with Crippen LogP contribution in [0.5, 0.6) is 0 Å². The number of esters is 1. The van der Waals surface area contributed by atoms with E-state index in [-0.39, 0.29) is 24.2 Å². The second-order valence-corrected chi connectivity index (χ2v) is 7.90. The zero-order valence-electron chi connectivity index (χ0n) is 16.7. The van der Waals surface area contributed by atoms with Crippen molar-refractivity contribution in [1.29, 1.82) is 0 Å². The summed E-state index contributed by atoms with van der Waals surface area (Å²) >= 11 is 0. The van der Waals surface area contributed by atoms with Gasteiger partial charge in [0.1, 0.15) is 5.82 Å². The van der Waals surface area contributed by atoms with E-state index in [1.54, 1.807) is 43.3 Å². The van der Waals surface area contributed by atoms with Gasteiger partial charge in [-0.25, -0.2) is 4.39 Å². The maximum absolute atomic E-state index is 13.3. The van der Waals surface area contributed by atoms with E-state index in [2.05, 4.69) is 5.32 Å². The third-order valence-corrected chi connectivity index (χ3v) is 5.95. The Hall–Kier alpha value is -3.22. The van der Waals surface area contributed by atoms with Gasteiger partial charge in [0, 0.05) is 12.5 Å². The van der Waals surface area contributed by atoms with Crippen molar-refractivity contribution in [2.75, 3.05) is 16.8 Å². The molecule has 6 nitrogen and oxygen atoms in total. The third kappa shape index (κ3) is 3.56. The average Bonchev–Trinajstić information content (AvgIpc) is 2.81. The Kier molecular flexibility index (Phi) is 5.28. The lowest BCUT2D eigenvalue weighted by Crippen LogP contribution is -2.46. The van der Waals surface area contributed by atoms with Gasteiger partial charge in [-0.1, -0.05) is 30.7 Å². The molecule has 156 valence electrons. The van der Waals surface area contributed by atoms with Crippen LogP contribution in [0.2, 0.25) is 0 Å². The van der Waals surface area contributed by atoms with Crippen LogP contribution < -0.4 is 10.2 Å². The normalized spacial score (nSPS) is 19.7. The molecule has 4 rings (SSSR count). The Bertz CT molecular complexity index is 985. The third-order valence-electron chi connectivity index (χ3n) is 5.95. The molecule has 0 spiro atoms. The first-order valence-corrected chi connectivity index (χ1v) is 10.0. The molecule has 30 heavy (non-hydrogen) atoms. The summed E-state index contributed by atoms with van der Waals surface area (Å²) in [6.07, 6.45) is 2.22. The number of rotatable bonds is 4. The zero-order valence-corrected chi connectivity index (χ0v) is 16.7. The average molecular weight is 410 g/mol. The largest absolute Gasteiger partial charge is 0.455 e. The summed E-state index contributed by atoms with van der Waals surface area (Å²) in [7, 11) is 0. The van der Waals surface area contributed by atoms with E-state index in [0.717, 1.165) is 6.42 Å². The lowest BCUT2D eigenvalue weighted by atomic mass is 9.64. The highest BCUT2D eigenvalue weighted by Crippen LogP contribution is 2.45. The summed E-state index contributed by atoms with van der Waals surface area (Å²) in [4.78, 5) is 39.5. The number of para-hydroxylation sites is 2. The summed E-state index contributed by atoms with van der Waals surface area (Å²) in [6, 6.07) is 12.5. The lowest BCUT2D eigenvalue weighted by Gasteiger charge is -2.39. The molecule has 1 heterocycles. The molecule has 1 saturated carbocycles. The highest BCUT2D eigenvalue weighted by molar-refractivity contribution is 6.05. The first kappa shape index (κ1) is 20.1. The van der Waals surface area contributed by atoms with Crippen LogP contribution in [-0.2, 0) is 24.5 Å². The van der Waals surface area contributed by atoms with Crippen molar-refractivity contribution in [2.24, 2.45) is 0 Å². The van der Waals surface area contributed by atoms with Crippen molar-refractivity contribution in [2.45, 2.75) is 44.1 Å². The molecule has 0 saturated heterocycles. The van der Waals surface area contributed by atoms with Crippen LogP contribution in [0.1, 0.15) is 38.2 Å². The number of hydrogen-bond acceptors (Lipinski definition) is 4. The molecule has 7 heteroatoms. The number of nitrogens with one attached hydrogen (secondary N) is 1. The fraction of sp³-hybridized carbons (Fsp3) is 0.348. The number of hydrogen-bond donors (Lipinski definition) is 1. The monoisotopic (exact) mass is 410 g/mol. The molecule has 2 aliphatic rings. The minimum Gasteiger partial charge on any atom is -0.455 e. The van der Waals surface area contributed by atoms with Gasteiger partial charge >= 0.3 is 5.97 Å². The van der Waals surface area contributed by atoms with E-state index >= 15 is 0 Å². The predicted molar refractivity (Wildman–Crippen MR) is 110 cm³/mol. The number of anilines is 2. The van der Waals surface area contributed by atoms with Gasteiger partial charge in [0.25, 0.3) is 5.91 Å². The Morgan fingerprint density at radius 1 is 1.17 bits per heavy atom. The number of amides is 2. The van der Waals surface area contributed by atoms with Gasteiger partial charge < -0.3 is 15.0 Å². The number of ether oxygens (including phenoxy) is 1. The Labute approximate surface area is 174 Å². The molecule has 2 amide bonds. The summed E-state index contributed by atoms with van der Waals surface area (Å²) in [5, 5.41) is 2.80. The molecule has 1 fully saturated rings. The van der Waals surface area contributed by atoms with E-state index in [4.69, 9.17) is 4.74 Å². The van der Waals surface area contributed by atoms with Gasteiger partial charge in [0.15, 0.2) is 6.61 Å². The van der Waals surface area contributed by atoms with Crippen molar-refractivity contribution in [3.05, 3.63) is 59.9 Å². The molecule has 0 bridgehead atoms. The molecule has 2 aromatic rings. The van der Waals surface area contributed by atoms with Crippen molar-refractivity contribution >= 4 is 29.2 Å². The molecule has 0 unspecified atom stereocenters. The quantitative estimate of drug-likeness (QED) is 0.782. The molecule has 2 aromatic carbocycles. The Morgan fingerprint density at radius 2 is 1.87 bits per heavy atom. The van der Waals surface area contributed by atoms with Gasteiger partial charge in [-0.15, -0.1) is 0 Å². The first-order valence-electron chi connectivity index (χ1n) is 10.0. The zero-order chi connectivity index (χ0) is 21.3. The van der Waals surface area contributed by atoms with E-state index < -0.39 is 23.9 Å². The highest BCUT2D eigenvalue weighted by Gasteiger charge is 2.47. The molecule has 1 aliphatic carbocycles. The second kappa shape index (κ2) is 7.89. The number of fused-ring (bicyclic) bond motifs is 1. The molecule has 1 atom stereocenters. The van der Waals surface area contributed by atoms with Gasteiger partial charge in [-0.3, -0.25) is 14.4 Å².